The lowest BCUT2D eigenvalue weighted by Crippen LogP contribution is -2.52. The number of halogens is 2. The van der Waals surface area contributed by atoms with Gasteiger partial charge in [0.25, 0.3) is 10.0 Å². The van der Waals surface area contributed by atoms with E-state index in [9.17, 15) is 18.0 Å². The Kier molecular flexibility index (Phi) is 11.5. The molecular weight excluding hydrogens is 585 g/mol. The Morgan fingerprint density at radius 2 is 1.63 bits per heavy atom. The van der Waals surface area contributed by atoms with Crippen LogP contribution in [0.4, 0.5) is 5.69 Å². The second-order valence-corrected chi connectivity index (χ2v) is 12.6. The highest BCUT2D eigenvalue weighted by Gasteiger charge is 2.33. The first-order valence-electron chi connectivity index (χ1n) is 13.2. The molecule has 41 heavy (non-hydrogen) atoms. The molecule has 220 valence electrons. The van der Waals surface area contributed by atoms with Crippen LogP contribution < -0.4 is 14.4 Å². The molecule has 0 aromatic heterocycles. The minimum Gasteiger partial charge on any atom is -0.497 e. The number of rotatable bonds is 13. The van der Waals surface area contributed by atoms with E-state index in [1.165, 1.54) is 35.2 Å². The van der Waals surface area contributed by atoms with Gasteiger partial charge in [0.05, 0.1) is 17.7 Å². The molecule has 0 fully saturated rings. The third kappa shape index (κ3) is 8.61. The van der Waals surface area contributed by atoms with Gasteiger partial charge in [0, 0.05) is 23.1 Å². The molecule has 1 N–H and O–H groups in total. The van der Waals surface area contributed by atoms with Gasteiger partial charge in [-0.3, -0.25) is 13.9 Å². The average Bonchev–Trinajstić information content (AvgIpc) is 2.94. The van der Waals surface area contributed by atoms with Crippen molar-refractivity contribution in [1.29, 1.82) is 0 Å². The van der Waals surface area contributed by atoms with Crippen LogP contribution in [0, 0.1) is 5.92 Å². The number of carbonyl (C=O) groups is 2. The van der Waals surface area contributed by atoms with Gasteiger partial charge in [0.15, 0.2) is 0 Å². The van der Waals surface area contributed by atoms with Crippen molar-refractivity contribution >= 4 is 50.7 Å². The zero-order chi connectivity index (χ0) is 30.2. The highest BCUT2D eigenvalue weighted by atomic mass is 35.5. The molecule has 0 saturated heterocycles. The van der Waals surface area contributed by atoms with E-state index in [2.05, 4.69) is 5.32 Å². The number of carbonyl (C=O) groups excluding carboxylic acids is 2. The van der Waals surface area contributed by atoms with Crippen molar-refractivity contribution < 1.29 is 22.7 Å². The van der Waals surface area contributed by atoms with Crippen molar-refractivity contribution in [3.63, 3.8) is 0 Å². The second-order valence-electron chi connectivity index (χ2n) is 9.88. The van der Waals surface area contributed by atoms with Crippen LogP contribution in [0.1, 0.15) is 32.8 Å². The van der Waals surface area contributed by atoms with Gasteiger partial charge in [-0.2, -0.15) is 0 Å². The molecule has 0 aliphatic heterocycles. The molecular formula is C30H35Cl2N3O5S. The Bertz CT molecular complexity index is 1450. The van der Waals surface area contributed by atoms with Crippen molar-refractivity contribution in [2.75, 3.05) is 24.5 Å². The van der Waals surface area contributed by atoms with Crippen LogP contribution >= 0.6 is 23.2 Å². The number of nitrogens with zero attached hydrogens (tertiary/aromatic N) is 2. The molecule has 0 aliphatic carbocycles. The van der Waals surface area contributed by atoms with Crippen molar-refractivity contribution in [2.24, 2.45) is 5.92 Å². The summed E-state index contributed by atoms with van der Waals surface area (Å²) in [5.74, 6) is -0.0656. The maximum absolute atomic E-state index is 14.1. The van der Waals surface area contributed by atoms with Gasteiger partial charge >= 0.3 is 0 Å². The van der Waals surface area contributed by atoms with Crippen molar-refractivity contribution in [2.45, 2.75) is 44.7 Å². The topological polar surface area (TPSA) is 96.0 Å². The second kappa shape index (κ2) is 14.6. The minimum absolute atomic E-state index is 0.0456. The van der Waals surface area contributed by atoms with E-state index in [4.69, 9.17) is 27.9 Å². The molecule has 8 nitrogen and oxygen atoms in total. The first-order chi connectivity index (χ1) is 19.5. The van der Waals surface area contributed by atoms with Crippen LogP contribution in [-0.4, -0.2) is 51.4 Å². The molecule has 3 aromatic carbocycles. The molecule has 0 saturated carbocycles. The summed E-state index contributed by atoms with van der Waals surface area (Å²) < 4.78 is 34.1. The Morgan fingerprint density at radius 1 is 0.951 bits per heavy atom. The summed E-state index contributed by atoms with van der Waals surface area (Å²) in [6.07, 6.45) is 0.320. The number of hydrogen-bond acceptors (Lipinski definition) is 5. The van der Waals surface area contributed by atoms with E-state index in [0.717, 1.165) is 9.87 Å². The van der Waals surface area contributed by atoms with Crippen LogP contribution in [0.3, 0.4) is 0 Å². The Morgan fingerprint density at radius 3 is 2.24 bits per heavy atom. The summed E-state index contributed by atoms with van der Waals surface area (Å²) in [5.41, 5.74) is 0.933. The lowest BCUT2D eigenvalue weighted by molar-refractivity contribution is -0.140. The SMILES string of the molecule is CC[C@@H](C(=O)NCC(C)C)N(Cc1cccc(OC)c1)C(=O)CN(c1cccc(Cl)c1)S(=O)(=O)c1ccc(Cl)cc1. The number of amides is 2. The molecule has 1 atom stereocenters. The number of benzene rings is 3. The normalized spacial score (nSPS) is 12.1. The maximum Gasteiger partial charge on any atom is 0.264 e. The fraction of sp³-hybridized carbons (Fsp3) is 0.333. The third-order valence-corrected chi connectivity index (χ3v) is 8.61. The van der Waals surface area contributed by atoms with E-state index < -0.39 is 28.5 Å². The van der Waals surface area contributed by atoms with E-state index >= 15 is 0 Å². The molecule has 0 unspecified atom stereocenters. The molecule has 3 aromatic rings. The lowest BCUT2D eigenvalue weighted by Gasteiger charge is -2.33. The highest BCUT2D eigenvalue weighted by molar-refractivity contribution is 7.92. The smallest absolute Gasteiger partial charge is 0.264 e. The molecule has 0 bridgehead atoms. The summed E-state index contributed by atoms with van der Waals surface area (Å²) in [5, 5.41) is 3.59. The maximum atomic E-state index is 14.1. The molecule has 11 heteroatoms. The number of nitrogens with one attached hydrogen (secondary N) is 1. The summed E-state index contributed by atoms with van der Waals surface area (Å²) in [6.45, 7) is 5.70. The summed E-state index contributed by atoms with van der Waals surface area (Å²) in [6, 6.07) is 18.3. The quantitative estimate of drug-likeness (QED) is 0.262. The van der Waals surface area contributed by atoms with Gasteiger partial charge in [0.1, 0.15) is 18.3 Å². The summed E-state index contributed by atoms with van der Waals surface area (Å²) in [4.78, 5) is 28.8. The molecule has 0 heterocycles. The minimum atomic E-state index is -4.23. The largest absolute Gasteiger partial charge is 0.497 e. The van der Waals surface area contributed by atoms with E-state index in [0.29, 0.717) is 28.8 Å². The fourth-order valence-electron chi connectivity index (χ4n) is 4.20. The van der Waals surface area contributed by atoms with Crippen molar-refractivity contribution in [3.8, 4) is 5.75 Å². The van der Waals surface area contributed by atoms with Crippen LogP contribution in [0.15, 0.2) is 77.7 Å². The summed E-state index contributed by atoms with van der Waals surface area (Å²) in [7, 11) is -2.68. The summed E-state index contributed by atoms with van der Waals surface area (Å²) >= 11 is 12.2. The standard InChI is InChI=1S/C30H35Cl2N3O5S/c1-5-28(30(37)33-18-21(2)3)34(19-22-8-6-11-26(16-22)40-4)29(36)20-35(25-10-7-9-24(32)17-25)41(38,39)27-14-12-23(31)13-15-27/h6-17,21,28H,5,18-20H2,1-4H3,(H,33,37)/t28-/m0/s1. The Balaban J connectivity index is 2.06. The molecule has 3 rings (SSSR count). The van der Waals surface area contributed by atoms with Crippen LogP contribution in [-0.2, 0) is 26.2 Å². The molecule has 0 spiro atoms. The van der Waals surface area contributed by atoms with Crippen LogP contribution in [0.2, 0.25) is 10.0 Å². The van der Waals surface area contributed by atoms with Gasteiger partial charge in [-0.1, -0.05) is 62.2 Å². The third-order valence-electron chi connectivity index (χ3n) is 6.33. The van der Waals surface area contributed by atoms with Gasteiger partial charge < -0.3 is 15.0 Å². The van der Waals surface area contributed by atoms with Crippen molar-refractivity contribution in [1.82, 2.24) is 10.2 Å². The van der Waals surface area contributed by atoms with Gasteiger partial charge in [-0.15, -0.1) is 0 Å². The first kappa shape index (κ1) is 32.2. The van der Waals surface area contributed by atoms with Gasteiger partial charge in [-0.05, 0) is 72.5 Å². The number of ether oxygens (including phenoxy) is 1. The van der Waals surface area contributed by atoms with E-state index in [1.54, 1.807) is 43.5 Å². The average molecular weight is 621 g/mol. The number of hydrogen-bond donors (Lipinski definition) is 1. The van der Waals surface area contributed by atoms with Crippen LogP contribution in [0.25, 0.3) is 0 Å². The molecule has 0 aliphatic rings. The van der Waals surface area contributed by atoms with Crippen LogP contribution in [0.5, 0.6) is 5.75 Å². The zero-order valence-electron chi connectivity index (χ0n) is 23.5. The Hall–Kier alpha value is -3.27. The Labute approximate surface area is 252 Å². The molecule has 2 amide bonds. The lowest BCUT2D eigenvalue weighted by atomic mass is 10.1. The highest BCUT2D eigenvalue weighted by Crippen LogP contribution is 2.28. The van der Waals surface area contributed by atoms with Gasteiger partial charge in [0.2, 0.25) is 11.8 Å². The monoisotopic (exact) mass is 619 g/mol. The van der Waals surface area contributed by atoms with E-state index in [-0.39, 0.29) is 29.0 Å². The number of sulfonamides is 1. The van der Waals surface area contributed by atoms with Gasteiger partial charge in [-0.25, -0.2) is 8.42 Å². The zero-order valence-corrected chi connectivity index (χ0v) is 25.8. The number of methoxy groups -OCH3 is 1. The fourth-order valence-corrected chi connectivity index (χ4v) is 5.92. The predicted molar refractivity (Wildman–Crippen MR) is 163 cm³/mol. The van der Waals surface area contributed by atoms with E-state index in [1.807, 2.05) is 26.8 Å². The number of anilines is 1. The predicted octanol–water partition coefficient (Wildman–Crippen LogP) is 5.78. The van der Waals surface area contributed by atoms with Crippen molar-refractivity contribution in [3.05, 3.63) is 88.4 Å². The first-order valence-corrected chi connectivity index (χ1v) is 15.4. The molecule has 0 radical (unpaired) electrons.